The molecule has 2 heterocycles. The molecule has 0 radical (unpaired) electrons. The molecule has 7 nitrogen and oxygen atoms in total. The Labute approximate surface area is 181 Å². The maximum absolute atomic E-state index is 12.5. The standard InChI is InChI=1S/C24H27N3O4/c28-22(12-14-27-23(29)20-6-1-2-7-21(20)24(27)30)26-15-17-8-10-19(11-9-17)31-16-18-5-3-4-13-25-18/h3-5,8-11,13,20-21H,1-2,6-7,12,14-16H2,(H,26,28). The smallest absolute Gasteiger partial charge is 0.233 e. The molecule has 4 rings (SSSR count). The number of rotatable bonds is 8. The molecule has 1 saturated heterocycles. The number of amides is 3. The van der Waals surface area contributed by atoms with E-state index in [4.69, 9.17) is 4.74 Å². The predicted octanol–water partition coefficient (Wildman–Crippen LogP) is 2.84. The molecule has 1 aromatic carbocycles. The van der Waals surface area contributed by atoms with E-state index in [2.05, 4.69) is 10.3 Å². The Morgan fingerprint density at radius 3 is 2.39 bits per heavy atom. The summed E-state index contributed by atoms with van der Waals surface area (Å²) >= 11 is 0. The second-order valence-electron chi connectivity index (χ2n) is 8.11. The minimum atomic E-state index is -0.175. The third kappa shape index (κ3) is 5.10. The summed E-state index contributed by atoms with van der Waals surface area (Å²) in [5.41, 5.74) is 1.80. The fourth-order valence-electron chi connectivity index (χ4n) is 4.30. The maximum Gasteiger partial charge on any atom is 0.233 e. The molecular formula is C24H27N3O4. The van der Waals surface area contributed by atoms with Crippen LogP contribution in [0.2, 0.25) is 0 Å². The van der Waals surface area contributed by atoms with E-state index in [1.54, 1.807) is 6.20 Å². The van der Waals surface area contributed by atoms with Gasteiger partial charge in [0.15, 0.2) is 0 Å². The predicted molar refractivity (Wildman–Crippen MR) is 114 cm³/mol. The third-order valence-corrected chi connectivity index (χ3v) is 6.02. The summed E-state index contributed by atoms with van der Waals surface area (Å²) in [4.78, 5) is 42.7. The zero-order valence-corrected chi connectivity index (χ0v) is 17.5. The molecular weight excluding hydrogens is 394 g/mol. The van der Waals surface area contributed by atoms with Gasteiger partial charge in [-0.2, -0.15) is 0 Å². The summed E-state index contributed by atoms with van der Waals surface area (Å²) in [6.07, 6.45) is 5.44. The molecule has 7 heteroatoms. The minimum Gasteiger partial charge on any atom is -0.487 e. The van der Waals surface area contributed by atoms with E-state index in [1.165, 1.54) is 4.90 Å². The first kappa shape index (κ1) is 21.0. The number of benzene rings is 1. The number of imide groups is 1. The van der Waals surface area contributed by atoms with Crippen molar-refractivity contribution in [3.8, 4) is 5.75 Å². The van der Waals surface area contributed by atoms with Crippen LogP contribution in [-0.4, -0.2) is 34.2 Å². The zero-order chi connectivity index (χ0) is 21.6. The minimum absolute atomic E-state index is 0.0937. The Bertz CT molecular complexity index is 906. The number of carbonyl (C=O) groups is 3. The first-order valence-electron chi connectivity index (χ1n) is 10.9. The first-order chi connectivity index (χ1) is 15.1. The van der Waals surface area contributed by atoms with E-state index in [-0.39, 0.29) is 42.5 Å². The second-order valence-corrected chi connectivity index (χ2v) is 8.11. The van der Waals surface area contributed by atoms with Gasteiger partial charge in [0.2, 0.25) is 17.7 Å². The third-order valence-electron chi connectivity index (χ3n) is 6.02. The van der Waals surface area contributed by atoms with Crippen molar-refractivity contribution >= 4 is 17.7 Å². The SMILES string of the molecule is O=C(CCN1C(=O)C2CCCCC2C1=O)NCc1ccc(OCc2ccccn2)cc1. The molecule has 1 aromatic heterocycles. The summed E-state index contributed by atoms with van der Waals surface area (Å²) < 4.78 is 5.71. The van der Waals surface area contributed by atoms with Crippen LogP contribution in [0, 0.1) is 11.8 Å². The van der Waals surface area contributed by atoms with E-state index in [9.17, 15) is 14.4 Å². The van der Waals surface area contributed by atoms with Crippen LogP contribution in [0.4, 0.5) is 0 Å². The van der Waals surface area contributed by atoms with Crippen molar-refractivity contribution in [2.75, 3.05) is 6.54 Å². The van der Waals surface area contributed by atoms with Crippen molar-refractivity contribution in [1.29, 1.82) is 0 Å². The number of pyridine rings is 1. The number of carbonyl (C=O) groups excluding carboxylic acids is 3. The summed E-state index contributed by atoms with van der Waals surface area (Å²) in [5, 5.41) is 2.85. The highest BCUT2D eigenvalue weighted by Gasteiger charge is 2.47. The first-order valence-corrected chi connectivity index (χ1v) is 10.9. The highest BCUT2D eigenvalue weighted by atomic mass is 16.5. The second kappa shape index (κ2) is 9.73. The average Bonchev–Trinajstić information content (AvgIpc) is 3.06. The van der Waals surface area contributed by atoms with E-state index < -0.39 is 0 Å². The maximum atomic E-state index is 12.5. The van der Waals surface area contributed by atoms with Crippen molar-refractivity contribution in [2.45, 2.75) is 45.3 Å². The van der Waals surface area contributed by atoms with Gasteiger partial charge in [-0.25, -0.2) is 0 Å². The van der Waals surface area contributed by atoms with Gasteiger partial charge in [-0.15, -0.1) is 0 Å². The van der Waals surface area contributed by atoms with Gasteiger partial charge in [0.05, 0.1) is 17.5 Å². The van der Waals surface area contributed by atoms with Crippen LogP contribution in [0.5, 0.6) is 5.75 Å². The molecule has 2 aromatic rings. The van der Waals surface area contributed by atoms with Crippen molar-refractivity contribution in [3.05, 3.63) is 59.9 Å². The number of nitrogens with zero attached hydrogens (tertiary/aromatic N) is 2. The zero-order valence-electron chi connectivity index (χ0n) is 17.5. The van der Waals surface area contributed by atoms with Gasteiger partial charge in [0.25, 0.3) is 0 Å². The van der Waals surface area contributed by atoms with Crippen LogP contribution in [0.3, 0.4) is 0 Å². The molecule has 1 saturated carbocycles. The van der Waals surface area contributed by atoms with Gasteiger partial charge in [0.1, 0.15) is 12.4 Å². The van der Waals surface area contributed by atoms with Gasteiger partial charge < -0.3 is 10.1 Å². The molecule has 162 valence electrons. The monoisotopic (exact) mass is 421 g/mol. The molecule has 0 bridgehead atoms. The fourth-order valence-corrected chi connectivity index (χ4v) is 4.30. The molecule has 2 aliphatic rings. The van der Waals surface area contributed by atoms with Crippen molar-refractivity contribution in [3.63, 3.8) is 0 Å². The number of fused-ring (bicyclic) bond motifs is 1. The van der Waals surface area contributed by atoms with E-state index >= 15 is 0 Å². The lowest BCUT2D eigenvalue weighted by Crippen LogP contribution is -2.35. The molecule has 2 unspecified atom stereocenters. The van der Waals surface area contributed by atoms with Crippen LogP contribution in [-0.2, 0) is 27.5 Å². The average molecular weight is 421 g/mol. The number of aromatic nitrogens is 1. The highest BCUT2D eigenvalue weighted by molar-refractivity contribution is 6.05. The molecule has 2 fully saturated rings. The van der Waals surface area contributed by atoms with Gasteiger partial charge in [-0.1, -0.05) is 31.0 Å². The van der Waals surface area contributed by atoms with Crippen LogP contribution in [0.1, 0.15) is 43.4 Å². The lowest BCUT2D eigenvalue weighted by molar-refractivity contribution is -0.140. The number of hydrogen-bond acceptors (Lipinski definition) is 5. The van der Waals surface area contributed by atoms with Gasteiger partial charge in [-0.05, 0) is 42.7 Å². The molecule has 1 aliphatic carbocycles. The number of nitrogens with one attached hydrogen (secondary N) is 1. The van der Waals surface area contributed by atoms with Crippen molar-refractivity contribution < 1.29 is 19.1 Å². The summed E-state index contributed by atoms with van der Waals surface area (Å²) in [7, 11) is 0. The van der Waals surface area contributed by atoms with Crippen LogP contribution < -0.4 is 10.1 Å². The van der Waals surface area contributed by atoms with E-state index in [0.717, 1.165) is 42.7 Å². The molecule has 1 N–H and O–H groups in total. The Morgan fingerprint density at radius 1 is 1.03 bits per heavy atom. The topological polar surface area (TPSA) is 88.6 Å². The summed E-state index contributed by atoms with van der Waals surface area (Å²) in [6, 6.07) is 13.2. The largest absolute Gasteiger partial charge is 0.487 e. The van der Waals surface area contributed by atoms with Crippen LogP contribution >= 0.6 is 0 Å². The molecule has 31 heavy (non-hydrogen) atoms. The molecule has 0 spiro atoms. The van der Waals surface area contributed by atoms with E-state index in [1.807, 2.05) is 42.5 Å². The Morgan fingerprint density at radius 2 is 1.74 bits per heavy atom. The van der Waals surface area contributed by atoms with Crippen LogP contribution in [0.25, 0.3) is 0 Å². The Kier molecular flexibility index (Phi) is 6.60. The number of ether oxygens (including phenoxy) is 1. The normalized spacial score (nSPS) is 20.5. The molecule has 3 amide bonds. The van der Waals surface area contributed by atoms with Crippen LogP contribution in [0.15, 0.2) is 48.7 Å². The molecule has 2 atom stereocenters. The van der Waals surface area contributed by atoms with Crippen molar-refractivity contribution in [2.24, 2.45) is 11.8 Å². The Balaban J connectivity index is 1.20. The van der Waals surface area contributed by atoms with Gasteiger partial charge in [-0.3, -0.25) is 24.3 Å². The quantitative estimate of drug-likeness (QED) is 0.662. The highest BCUT2D eigenvalue weighted by Crippen LogP contribution is 2.37. The van der Waals surface area contributed by atoms with Crippen molar-refractivity contribution in [1.82, 2.24) is 15.2 Å². The lowest BCUT2D eigenvalue weighted by Gasteiger charge is -2.19. The lowest BCUT2D eigenvalue weighted by atomic mass is 9.81. The number of likely N-dealkylation sites (tertiary alicyclic amines) is 1. The Hall–Kier alpha value is -3.22. The summed E-state index contributed by atoms with van der Waals surface area (Å²) in [5.74, 6) is 0.0391. The van der Waals surface area contributed by atoms with Gasteiger partial charge in [0, 0.05) is 25.7 Å². The fraction of sp³-hybridized carbons (Fsp3) is 0.417. The van der Waals surface area contributed by atoms with E-state index in [0.29, 0.717) is 13.2 Å². The van der Waals surface area contributed by atoms with Gasteiger partial charge >= 0.3 is 0 Å². The summed E-state index contributed by atoms with van der Waals surface area (Å²) in [6.45, 7) is 0.940. The molecule has 1 aliphatic heterocycles. The number of hydrogen-bond donors (Lipinski definition) is 1.